The summed E-state index contributed by atoms with van der Waals surface area (Å²) in [5.41, 5.74) is -1.68. The van der Waals surface area contributed by atoms with Gasteiger partial charge in [0.2, 0.25) is 0 Å². The minimum absolute atomic E-state index is 0.0899. The minimum Gasteiger partial charge on any atom is -0.506 e. The molecule has 136 valence electrons. The van der Waals surface area contributed by atoms with Crippen LogP contribution >= 0.6 is 0 Å². The van der Waals surface area contributed by atoms with Gasteiger partial charge in [-0.25, -0.2) is 22.4 Å². The van der Waals surface area contributed by atoms with Gasteiger partial charge in [0, 0.05) is 18.5 Å². The monoisotopic (exact) mass is 368 g/mol. The molecule has 0 bridgehead atoms. The smallest absolute Gasteiger partial charge is 0.343 e. The Bertz CT molecular complexity index is 898. The molecule has 0 spiro atoms. The summed E-state index contributed by atoms with van der Waals surface area (Å²) in [4.78, 5) is 19.2. The summed E-state index contributed by atoms with van der Waals surface area (Å²) in [5.74, 6) is -7.19. The number of esters is 1. The first kappa shape index (κ1) is 19.1. The van der Waals surface area contributed by atoms with E-state index in [1.54, 1.807) is 0 Å². The van der Waals surface area contributed by atoms with Crippen molar-refractivity contribution < 1.29 is 32.2 Å². The minimum atomic E-state index is -1.47. The molecular formula is C17H12F4N2O3. The molecule has 1 heterocycles. The molecule has 1 aromatic carbocycles. The number of aliphatic hydroxyl groups excluding tert-OH is 1. The van der Waals surface area contributed by atoms with Gasteiger partial charge in [-0.1, -0.05) is 0 Å². The maximum absolute atomic E-state index is 13.9. The van der Waals surface area contributed by atoms with E-state index in [9.17, 15) is 27.5 Å². The Kier molecular flexibility index (Phi) is 6.05. The molecular weight excluding hydrogens is 356 g/mol. The third-order valence-corrected chi connectivity index (χ3v) is 3.10. The summed E-state index contributed by atoms with van der Waals surface area (Å²) in [6.07, 6.45) is 2.83. The van der Waals surface area contributed by atoms with E-state index in [1.165, 1.54) is 19.2 Å². The van der Waals surface area contributed by atoms with Crippen molar-refractivity contribution in [3.05, 3.63) is 65.0 Å². The standard InChI is InChI=1S/C17H12F4N2O3/c1-2-26-17(25)10(7-23-15-3-4-22-8-14(15)21)16(24)9-5-12(19)13(20)6-11(9)18/h3-8,24H,2H2,1H3/b16-10+,23-7?. The number of aliphatic imine (C=N–C) groups is 1. The third kappa shape index (κ3) is 4.24. The number of benzene rings is 1. The van der Waals surface area contributed by atoms with Crippen molar-refractivity contribution in [3.63, 3.8) is 0 Å². The number of pyridine rings is 1. The number of rotatable bonds is 5. The lowest BCUT2D eigenvalue weighted by molar-refractivity contribution is -0.137. The first-order chi connectivity index (χ1) is 12.3. The van der Waals surface area contributed by atoms with E-state index in [1.807, 2.05) is 0 Å². The molecule has 26 heavy (non-hydrogen) atoms. The van der Waals surface area contributed by atoms with Crippen molar-refractivity contribution in [1.82, 2.24) is 4.98 Å². The van der Waals surface area contributed by atoms with E-state index >= 15 is 0 Å². The molecule has 2 rings (SSSR count). The van der Waals surface area contributed by atoms with Crippen LogP contribution in [0.15, 0.2) is 41.2 Å². The molecule has 0 radical (unpaired) electrons. The van der Waals surface area contributed by atoms with Crippen molar-refractivity contribution >= 4 is 23.6 Å². The Balaban J connectivity index is 2.56. The molecule has 5 nitrogen and oxygen atoms in total. The van der Waals surface area contributed by atoms with Crippen molar-refractivity contribution in [2.75, 3.05) is 6.61 Å². The number of aliphatic hydroxyl groups is 1. The summed E-state index contributed by atoms with van der Waals surface area (Å²) in [7, 11) is 0. The Morgan fingerprint density at radius 2 is 1.88 bits per heavy atom. The van der Waals surface area contributed by atoms with Gasteiger partial charge in [-0.15, -0.1) is 0 Å². The highest BCUT2D eigenvalue weighted by Crippen LogP contribution is 2.23. The maximum atomic E-state index is 13.9. The lowest BCUT2D eigenvalue weighted by Gasteiger charge is -2.08. The number of carbonyl (C=O) groups excluding carboxylic acids is 1. The van der Waals surface area contributed by atoms with Crippen molar-refractivity contribution in [3.8, 4) is 0 Å². The molecule has 0 amide bonds. The highest BCUT2D eigenvalue weighted by molar-refractivity contribution is 6.15. The topological polar surface area (TPSA) is 71.8 Å². The summed E-state index contributed by atoms with van der Waals surface area (Å²) in [5, 5.41) is 10.2. The average molecular weight is 368 g/mol. The third-order valence-electron chi connectivity index (χ3n) is 3.10. The summed E-state index contributed by atoms with van der Waals surface area (Å²) >= 11 is 0. The van der Waals surface area contributed by atoms with Crippen molar-refractivity contribution in [2.24, 2.45) is 4.99 Å². The van der Waals surface area contributed by atoms with Crippen LogP contribution in [0.25, 0.3) is 5.76 Å². The molecule has 0 atom stereocenters. The lowest BCUT2D eigenvalue weighted by atomic mass is 10.1. The fourth-order valence-corrected chi connectivity index (χ4v) is 1.88. The molecule has 9 heteroatoms. The van der Waals surface area contributed by atoms with Crippen LogP contribution < -0.4 is 0 Å². The van der Waals surface area contributed by atoms with E-state index in [0.717, 1.165) is 12.4 Å². The zero-order valence-corrected chi connectivity index (χ0v) is 13.3. The second kappa shape index (κ2) is 8.24. The maximum Gasteiger partial charge on any atom is 0.343 e. The first-order valence-corrected chi connectivity index (χ1v) is 7.24. The van der Waals surface area contributed by atoms with E-state index in [4.69, 9.17) is 4.74 Å². The SMILES string of the molecule is CCOC(=O)/C(C=Nc1ccncc1F)=C(/O)c1cc(F)c(F)cc1F. The van der Waals surface area contributed by atoms with Crippen LogP contribution in [0.4, 0.5) is 23.2 Å². The van der Waals surface area contributed by atoms with Gasteiger partial charge in [-0.2, -0.15) is 0 Å². The van der Waals surface area contributed by atoms with Gasteiger partial charge in [0.15, 0.2) is 17.5 Å². The normalized spacial score (nSPS) is 12.2. The second-order valence-corrected chi connectivity index (χ2v) is 4.81. The largest absolute Gasteiger partial charge is 0.506 e. The fourth-order valence-electron chi connectivity index (χ4n) is 1.88. The number of carbonyl (C=O) groups is 1. The highest BCUT2D eigenvalue weighted by atomic mass is 19.2. The number of ether oxygens (including phenoxy) is 1. The van der Waals surface area contributed by atoms with Gasteiger partial charge in [0.05, 0.1) is 18.4 Å². The van der Waals surface area contributed by atoms with E-state index < -0.39 is 46.1 Å². The average Bonchev–Trinajstić information content (AvgIpc) is 2.60. The van der Waals surface area contributed by atoms with E-state index in [0.29, 0.717) is 6.07 Å². The summed E-state index contributed by atoms with van der Waals surface area (Å²) in [6.45, 7) is 1.39. The molecule has 1 N–H and O–H groups in total. The van der Waals surface area contributed by atoms with Crippen LogP contribution in [0.1, 0.15) is 12.5 Å². The van der Waals surface area contributed by atoms with Gasteiger partial charge in [-0.3, -0.25) is 9.98 Å². The zero-order valence-electron chi connectivity index (χ0n) is 13.3. The van der Waals surface area contributed by atoms with Gasteiger partial charge < -0.3 is 9.84 Å². The molecule has 2 aromatic rings. The number of nitrogens with zero attached hydrogens (tertiary/aromatic N) is 2. The number of halogens is 4. The Morgan fingerprint density at radius 1 is 1.19 bits per heavy atom. The van der Waals surface area contributed by atoms with Gasteiger partial charge in [0.25, 0.3) is 0 Å². The van der Waals surface area contributed by atoms with Crippen LogP contribution in [-0.4, -0.2) is 28.9 Å². The molecule has 0 aliphatic carbocycles. The quantitative estimate of drug-likeness (QED) is 0.217. The highest BCUT2D eigenvalue weighted by Gasteiger charge is 2.21. The second-order valence-electron chi connectivity index (χ2n) is 4.81. The molecule has 0 fully saturated rings. The van der Waals surface area contributed by atoms with Crippen LogP contribution in [0.3, 0.4) is 0 Å². The molecule has 1 aromatic heterocycles. The Hall–Kier alpha value is -3.23. The van der Waals surface area contributed by atoms with Crippen LogP contribution in [0.2, 0.25) is 0 Å². The van der Waals surface area contributed by atoms with E-state index in [2.05, 4.69) is 9.98 Å². The predicted octanol–water partition coefficient (Wildman–Crippen LogP) is 3.87. The Morgan fingerprint density at radius 3 is 2.54 bits per heavy atom. The van der Waals surface area contributed by atoms with Gasteiger partial charge in [0.1, 0.15) is 22.8 Å². The zero-order chi connectivity index (χ0) is 19.3. The Labute approximate surface area is 145 Å². The van der Waals surface area contributed by atoms with Gasteiger partial charge in [-0.05, 0) is 19.1 Å². The van der Waals surface area contributed by atoms with E-state index in [-0.39, 0.29) is 18.4 Å². The molecule has 0 saturated heterocycles. The van der Waals surface area contributed by atoms with Crippen LogP contribution in [0, 0.1) is 23.3 Å². The van der Waals surface area contributed by atoms with Crippen molar-refractivity contribution in [1.29, 1.82) is 0 Å². The number of aromatic nitrogens is 1. The molecule has 0 saturated carbocycles. The molecule has 0 aliphatic rings. The van der Waals surface area contributed by atoms with Crippen molar-refractivity contribution in [2.45, 2.75) is 6.92 Å². The predicted molar refractivity (Wildman–Crippen MR) is 84.8 cm³/mol. The lowest BCUT2D eigenvalue weighted by Crippen LogP contribution is -2.12. The van der Waals surface area contributed by atoms with Crippen LogP contribution in [0.5, 0.6) is 0 Å². The van der Waals surface area contributed by atoms with Gasteiger partial charge >= 0.3 is 5.97 Å². The first-order valence-electron chi connectivity index (χ1n) is 7.24. The molecule has 0 aliphatic heterocycles. The summed E-state index contributed by atoms with van der Waals surface area (Å²) < 4.78 is 58.5. The fraction of sp³-hybridized carbons (Fsp3) is 0.118. The molecule has 0 unspecified atom stereocenters. The number of hydrogen-bond donors (Lipinski definition) is 1. The number of hydrogen-bond acceptors (Lipinski definition) is 5. The summed E-state index contributed by atoms with van der Waals surface area (Å²) in [6, 6.07) is 1.77. The van der Waals surface area contributed by atoms with Crippen LogP contribution in [-0.2, 0) is 9.53 Å².